The van der Waals surface area contributed by atoms with Crippen LogP contribution in [-0.2, 0) is 9.59 Å². The third kappa shape index (κ3) is 3.29. The van der Waals surface area contributed by atoms with Crippen molar-refractivity contribution in [1.82, 2.24) is 4.98 Å². The third-order valence-corrected chi connectivity index (χ3v) is 5.01. The van der Waals surface area contributed by atoms with Gasteiger partial charge in [-0.1, -0.05) is 12.1 Å². The lowest BCUT2D eigenvalue weighted by atomic mass is 10.1. The van der Waals surface area contributed by atoms with Gasteiger partial charge in [-0.15, -0.1) is 0 Å². The average molecular weight is 391 g/mol. The molecule has 0 saturated carbocycles. The lowest BCUT2D eigenvalue weighted by Gasteiger charge is -2.17. The maximum Gasteiger partial charge on any atom is 0.231 e. The average Bonchev–Trinajstić information content (AvgIpc) is 3.48. The molecular formula is C21H17N3O5. The highest BCUT2D eigenvalue weighted by molar-refractivity contribution is 6.03. The van der Waals surface area contributed by atoms with E-state index in [4.69, 9.17) is 13.9 Å². The first-order valence-corrected chi connectivity index (χ1v) is 9.17. The highest BCUT2D eigenvalue weighted by atomic mass is 16.7. The Hall–Kier alpha value is -3.81. The predicted octanol–water partition coefficient (Wildman–Crippen LogP) is 3.06. The van der Waals surface area contributed by atoms with Gasteiger partial charge in [-0.3, -0.25) is 9.59 Å². The summed E-state index contributed by atoms with van der Waals surface area (Å²) in [7, 11) is 0. The van der Waals surface area contributed by atoms with Crippen molar-refractivity contribution in [3.8, 4) is 22.8 Å². The molecule has 0 aliphatic carbocycles. The summed E-state index contributed by atoms with van der Waals surface area (Å²) in [5, 5.41) is 2.90. The fraction of sp³-hybridized carbons (Fsp3) is 0.190. The maximum absolute atomic E-state index is 12.8. The number of aromatic nitrogens is 1. The van der Waals surface area contributed by atoms with Crippen molar-refractivity contribution >= 4 is 23.2 Å². The summed E-state index contributed by atoms with van der Waals surface area (Å²) < 4.78 is 16.0. The summed E-state index contributed by atoms with van der Waals surface area (Å²) in [6, 6.07) is 12.6. The van der Waals surface area contributed by atoms with Gasteiger partial charge in [-0.25, -0.2) is 4.98 Å². The van der Waals surface area contributed by atoms with E-state index in [0.29, 0.717) is 35.2 Å². The molecule has 0 bridgehead atoms. The van der Waals surface area contributed by atoms with Crippen molar-refractivity contribution in [3.05, 3.63) is 55.1 Å². The maximum atomic E-state index is 12.8. The molecule has 146 valence electrons. The van der Waals surface area contributed by atoms with E-state index in [1.165, 1.54) is 6.39 Å². The number of rotatable bonds is 4. The minimum atomic E-state index is -0.443. The molecule has 0 radical (unpaired) electrons. The molecule has 0 spiro atoms. The van der Waals surface area contributed by atoms with E-state index in [1.807, 2.05) is 18.2 Å². The Kier molecular flexibility index (Phi) is 4.16. The van der Waals surface area contributed by atoms with Crippen LogP contribution < -0.4 is 19.7 Å². The Balaban J connectivity index is 1.29. The number of oxazole rings is 1. The molecule has 29 heavy (non-hydrogen) atoms. The molecule has 1 aromatic heterocycles. The van der Waals surface area contributed by atoms with E-state index in [1.54, 1.807) is 35.4 Å². The van der Waals surface area contributed by atoms with Crippen LogP contribution in [0.3, 0.4) is 0 Å². The monoisotopic (exact) mass is 391 g/mol. The van der Waals surface area contributed by atoms with Crippen LogP contribution in [0.4, 0.5) is 11.4 Å². The Bertz CT molecular complexity index is 1080. The second kappa shape index (κ2) is 6.97. The van der Waals surface area contributed by atoms with Crippen molar-refractivity contribution in [1.29, 1.82) is 0 Å². The molecule has 3 heterocycles. The van der Waals surface area contributed by atoms with Gasteiger partial charge in [0.1, 0.15) is 0 Å². The van der Waals surface area contributed by atoms with Gasteiger partial charge in [-0.05, 0) is 24.3 Å². The van der Waals surface area contributed by atoms with E-state index in [9.17, 15) is 9.59 Å². The molecule has 1 atom stereocenters. The number of carbonyl (C=O) groups excluding carboxylic acids is 2. The Morgan fingerprint density at radius 3 is 2.90 bits per heavy atom. The smallest absolute Gasteiger partial charge is 0.231 e. The first kappa shape index (κ1) is 17.3. The molecule has 2 amide bonds. The molecule has 2 aliphatic heterocycles. The van der Waals surface area contributed by atoms with Crippen molar-refractivity contribution in [2.75, 3.05) is 23.6 Å². The van der Waals surface area contributed by atoms with E-state index >= 15 is 0 Å². The molecule has 1 unspecified atom stereocenters. The van der Waals surface area contributed by atoms with E-state index < -0.39 is 5.92 Å². The van der Waals surface area contributed by atoms with Gasteiger partial charge in [0.2, 0.25) is 18.6 Å². The van der Waals surface area contributed by atoms with Gasteiger partial charge < -0.3 is 24.1 Å². The van der Waals surface area contributed by atoms with E-state index in [0.717, 1.165) is 5.56 Å². The zero-order valence-corrected chi connectivity index (χ0v) is 15.3. The first-order valence-electron chi connectivity index (χ1n) is 9.17. The predicted molar refractivity (Wildman–Crippen MR) is 104 cm³/mol. The number of ether oxygens (including phenoxy) is 2. The first-order chi connectivity index (χ1) is 14.2. The third-order valence-electron chi connectivity index (χ3n) is 5.01. The van der Waals surface area contributed by atoms with Crippen LogP contribution >= 0.6 is 0 Å². The Morgan fingerprint density at radius 1 is 1.14 bits per heavy atom. The molecule has 2 aromatic carbocycles. The van der Waals surface area contributed by atoms with Crippen LogP contribution in [0.5, 0.6) is 11.5 Å². The van der Waals surface area contributed by atoms with E-state index in [-0.39, 0.29) is 25.0 Å². The van der Waals surface area contributed by atoms with Crippen molar-refractivity contribution < 1.29 is 23.5 Å². The van der Waals surface area contributed by atoms with Gasteiger partial charge in [0, 0.05) is 36.0 Å². The van der Waals surface area contributed by atoms with Crippen LogP contribution in [-0.4, -0.2) is 30.1 Å². The van der Waals surface area contributed by atoms with Crippen LogP contribution in [0.25, 0.3) is 11.3 Å². The highest BCUT2D eigenvalue weighted by Crippen LogP contribution is 2.37. The van der Waals surface area contributed by atoms with Crippen LogP contribution in [0, 0.1) is 5.92 Å². The van der Waals surface area contributed by atoms with Gasteiger partial charge in [-0.2, -0.15) is 0 Å². The minimum absolute atomic E-state index is 0.0978. The molecule has 3 aromatic rings. The summed E-state index contributed by atoms with van der Waals surface area (Å²) in [5.41, 5.74) is 2.14. The number of nitrogens with one attached hydrogen (secondary N) is 1. The number of hydrogen-bond donors (Lipinski definition) is 1. The zero-order valence-electron chi connectivity index (χ0n) is 15.3. The molecular weight excluding hydrogens is 374 g/mol. The summed E-state index contributed by atoms with van der Waals surface area (Å²) in [5.74, 6) is 1.14. The lowest BCUT2D eigenvalue weighted by molar-refractivity contribution is -0.122. The summed E-state index contributed by atoms with van der Waals surface area (Å²) in [4.78, 5) is 30.8. The zero-order chi connectivity index (χ0) is 19.8. The fourth-order valence-corrected chi connectivity index (χ4v) is 3.54. The number of hydrogen-bond acceptors (Lipinski definition) is 6. The lowest BCUT2D eigenvalue weighted by Crippen LogP contribution is -2.28. The topological polar surface area (TPSA) is 93.9 Å². The molecule has 8 heteroatoms. The van der Waals surface area contributed by atoms with Crippen molar-refractivity contribution in [2.24, 2.45) is 5.92 Å². The number of fused-ring (bicyclic) bond motifs is 1. The van der Waals surface area contributed by atoms with E-state index in [2.05, 4.69) is 10.3 Å². The number of nitrogens with zero attached hydrogens (tertiary/aromatic N) is 2. The summed E-state index contributed by atoms with van der Waals surface area (Å²) in [6.07, 6.45) is 3.12. The standard InChI is InChI=1S/C21H17N3O5/c25-20-7-14(10-24(20)16-4-5-17-18(8-16)29-12-28-17)21(26)23-15-3-1-2-13(6-15)19-9-22-11-27-19/h1-6,8-9,11,14H,7,10,12H2,(H,23,26). The minimum Gasteiger partial charge on any atom is -0.454 e. The summed E-state index contributed by atoms with van der Waals surface area (Å²) in [6.45, 7) is 0.483. The Labute approximate surface area is 166 Å². The summed E-state index contributed by atoms with van der Waals surface area (Å²) >= 11 is 0. The van der Waals surface area contributed by atoms with Gasteiger partial charge in [0.25, 0.3) is 0 Å². The van der Waals surface area contributed by atoms with Crippen LogP contribution in [0.2, 0.25) is 0 Å². The molecule has 8 nitrogen and oxygen atoms in total. The number of anilines is 2. The fourth-order valence-electron chi connectivity index (χ4n) is 3.54. The SMILES string of the molecule is O=C(Nc1cccc(-c2cnco2)c1)C1CC(=O)N(c2ccc3c(c2)OCO3)C1. The molecule has 1 N–H and O–H groups in total. The number of amides is 2. The van der Waals surface area contributed by atoms with Crippen LogP contribution in [0.15, 0.2) is 59.5 Å². The second-order valence-corrected chi connectivity index (χ2v) is 6.88. The largest absolute Gasteiger partial charge is 0.454 e. The van der Waals surface area contributed by atoms with Gasteiger partial charge in [0.05, 0.1) is 12.1 Å². The molecule has 2 aliphatic rings. The van der Waals surface area contributed by atoms with Gasteiger partial charge in [0.15, 0.2) is 23.7 Å². The normalized spacial score (nSPS) is 17.6. The number of benzene rings is 2. The second-order valence-electron chi connectivity index (χ2n) is 6.88. The van der Waals surface area contributed by atoms with Crippen molar-refractivity contribution in [2.45, 2.75) is 6.42 Å². The van der Waals surface area contributed by atoms with Crippen LogP contribution in [0.1, 0.15) is 6.42 Å². The molecule has 5 rings (SSSR count). The highest BCUT2D eigenvalue weighted by Gasteiger charge is 2.35. The quantitative estimate of drug-likeness (QED) is 0.735. The van der Waals surface area contributed by atoms with Crippen molar-refractivity contribution in [3.63, 3.8) is 0 Å². The van der Waals surface area contributed by atoms with Gasteiger partial charge >= 0.3 is 0 Å². The molecule has 1 saturated heterocycles. The Morgan fingerprint density at radius 2 is 2.03 bits per heavy atom. The number of carbonyl (C=O) groups is 2. The molecule has 1 fully saturated rings.